The van der Waals surface area contributed by atoms with Gasteiger partial charge in [-0.3, -0.25) is 4.90 Å². The summed E-state index contributed by atoms with van der Waals surface area (Å²) >= 11 is 0. The molecule has 2 rings (SSSR count). The van der Waals surface area contributed by atoms with Crippen molar-refractivity contribution >= 4 is 5.69 Å². The topological polar surface area (TPSA) is 69.7 Å². The smallest absolute Gasteiger partial charge is 0.0936 e. The molecule has 0 spiro atoms. The minimum atomic E-state index is -0.589. The lowest BCUT2D eigenvalue weighted by Gasteiger charge is -2.30. The molecule has 19 heavy (non-hydrogen) atoms. The molecule has 4 heteroatoms. The SMILES string of the molecule is Nc1ccccc1C(O)CN(CCO)C1CCCC1. The standard InChI is InChI=1S/C15H24N2O2/c16-14-8-4-3-7-13(14)15(19)11-17(9-10-18)12-5-1-2-6-12/h3-4,7-8,12,15,18-19H,1-2,5-6,9-11,16H2. The summed E-state index contributed by atoms with van der Waals surface area (Å²) in [6.45, 7) is 1.29. The quantitative estimate of drug-likeness (QED) is 0.682. The molecule has 1 unspecified atom stereocenters. The average Bonchev–Trinajstić information content (AvgIpc) is 2.92. The van der Waals surface area contributed by atoms with E-state index in [9.17, 15) is 10.2 Å². The van der Waals surface area contributed by atoms with Crippen molar-refractivity contribution in [1.82, 2.24) is 4.90 Å². The number of anilines is 1. The van der Waals surface area contributed by atoms with E-state index in [1.807, 2.05) is 24.3 Å². The first-order valence-corrected chi connectivity index (χ1v) is 7.09. The Balaban J connectivity index is 2.02. The van der Waals surface area contributed by atoms with Crippen LogP contribution in [-0.2, 0) is 0 Å². The van der Waals surface area contributed by atoms with E-state index in [4.69, 9.17) is 5.73 Å². The van der Waals surface area contributed by atoms with E-state index in [1.54, 1.807) is 0 Å². The predicted molar refractivity (Wildman–Crippen MR) is 76.7 cm³/mol. The highest BCUT2D eigenvalue weighted by atomic mass is 16.3. The Labute approximate surface area is 114 Å². The number of hydrogen-bond acceptors (Lipinski definition) is 4. The summed E-state index contributed by atoms with van der Waals surface area (Å²) in [5, 5.41) is 19.5. The van der Waals surface area contributed by atoms with Gasteiger partial charge in [-0.2, -0.15) is 0 Å². The fourth-order valence-corrected chi connectivity index (χ4v) is 2.96. The fourth-order valence-electron chi connectivity index (χ4n) is 2.96. The highest BCUT2D eigenvalue weighted by Crippen LogP contribution is 2.27. The van der Waals surface area contributed by atoms with Crippen LogP contribution < -0.4 is 5.73 Å². The molecule has 0 saturated heterocycles. The molecule has 0 heterocycles. The van der Waals surface area contributed by atoms with Gasteiger partial charge in [0.25, 0.3) is 0 Å². The number of hydrogen-bond donors (Lipinski definition) is 3. The van der Waals surface area contributed by atoms with Crippen molar-refractivity contribution in [1.29, 1.82) is 0 Å². The zero-order valence-electron chi connectivity index (χ0n) is 11.3. The Kier molecular flexibility index (Phi) is 5.19. The Bertz CT molecular complexity index is 391. The first kappa shape index (κ1) is 14.3. The molecule has 0 amide bonds. The summed E-state index contributed by atoms with van der Waals surface area (Å²) in [6, 6.07) is 7.93. The second kappa shape index (κ2) is 6.89. The molecule has 1 aromatic carbocycles. The molecule has 0 radical (unpaired) electrons. The van der Waals surface area contributed by atoms with Crippen LogP contribution in [0.25, 0.3) is 0 Å². The predicted octanol–water partition coefficient (Wildman–Crippen LogP) is 1.54. The normalized spacial score (nSPS) is 18.1. The van der Waals surface area contributed by atoms with Crippen molar-refractivity contribution in [3.63, 3.8) is 0 Å². The van der Waals surface area contributed by atoms with Crippen LogP contribution in [0.4, 0.5) is 5.69 Å². The third kappa shape index (κ3) is 3.69. The molecule has 0 aromatic heterocycles. The third-order valence-corrected chi connectivity index (χ3v) is 3.99. The van der Waals surface area contributed by atoms with Crippen LogP contribution in [0.1, 0.15) is 37.4 Å². The molecule has 0 aliphatic heterocycles. The van der Waals surface area contributed by atoms with Gasteiger partial charge in [0, 0.05) is 30.4 Å². The largest absolute Gasteiger partial charge is 0.398 e. The highest BCUT2D eigenvalue weighted by molar-refractivity contribution is 5.47. The van der Waals surface area contributed by atoms with Crippen LogP contribution in [0.5, 0.6) is 0 Å². The molecular formula is C15H24N2O2. The number of nitrogens with two attached hydrogens (primary N) is 1. The van der Waals surface area contributed by atoms with E-state index in [2.05, 4.69) is 4.90 Å². The minimum Gasteiger partial charge on any atom is -0.398 e. The molecule has 4 nitrogen and oxygen atoms in total. The van der Waals surface area contributed by atoms with Crippen LogP contribution >= 0.6 is 0 Å². The van der Waals surface area contributed by atoms with Gasteiger partial charge in [0.1, 0.15) is 0 Å². The molecule has 4 N–H and O–H groups in total. The molecule has 1 aliphatic rings. The van der Waals surface area contributed by atoms with Gasteiger partial charge < -0.3 is 15.9 Å². The van der Waals surface area contributed by atoms with Gasteiger partial charge in [0.15, 0.2) is 0 Å². The van der Waals surface area contributed by atoms with Gasteiger partial charge in [0.2, 0.25) is 0 Å². The number of aliphatic hydroxyl groups is 2. The van der Waals surface area contributed by atoms with Gasteiger partial charge in [-0.05, 0) is 18.9 Å². The van der Waals surface area contributed by atoms with Crippen molar-refractivity contribution in [2.24, 2.45) is 0 Å². The Morgan fingerprint density at radius 2 is 1.95 bits per heavy atom. The van der Waals surface area contributed by atoms with Crippen LogP contribution in [0.15, 0.2) is 24.3 Å². The molecule has 1 fully saturated rings. The van der Waals surface area contributed by atoms with Crippen LogP contribution in [0, 0.1) is 0 Å². The van der Waals surface area contributed by atoms with E-state index < -0.39 is 6.10 Å². The van der Waals surface area contributed by atoms with Gasteiger partial charge in [0.05, 0.1) is 12.7 Å². The molecule has 1 saturated carbocycles. The summed E-state index contributed by atoms with van der Waals surface area (Å²) in [6.07, 6.45) is 4.23. The Hall–Kier alpha value is -1.10. The summed E-state index contributed by atoms with van der Waals surface area (Å²) in [4.78, 5) is 2.20. The maximum atomic E-state index is 10.4. The highest BCUT2D eigenvalue weighted by Gasteiger charge is 2.24. The van der Waals surface area contributed by atoms with Crippen molar-refractivity contribution in [2.45, 2.75) is 37.8 Å². The third-order valence-electron chi connectivity index (χ3n) is 3.99. The maximum absolute atomic E-state index is 10.4. The lowest BCUT2D eigenvalue weighted by molar-refractivity contribution is 0.0745. The van der Waals surface area contributed by atoms with E-state index in [0.29, 0.717) is 24.8 Å². The second-order valence-corrected chi connectivity index (χ2v) is 5.30. The number of aliphatic hydroxyl groups excluding tert-OH is 2. The zero-order chi connectivity index (χ0) is 13.7. The first-order chi connectivity index (χ1) is 9.22. The average molecular weight is 264 g/mol. The molecule has 106 valence electrons. The number of rotatable bonds is 6. The molecule has 1 aromatic rings. The first-order valence-electron chi connectivity index (χ1n) is 7.09. The summed E-state index contributed by atoms with van der Waals surface area (Å²) < 4.78 is 0. The number of para-hydroxylation sites is 1. The second-order valence-electron chi connectivity index (χ2n) is 5.30. The van der Waals surface area contributed by atoms with Crippen molar-refractivity contribution in [3.8, 4) is 0 Å². The van der Waals surface area contributed by atoms with E-state index in [1.165, 1.54) is 12.8 Å². The Morgan fingerprint density at radius 1 is 1.26 bits per heavy atom. The zero-order valence-corrected chi connectivity index (χ0v) is 11.3. The lowest BCUT2D eigenvalue weighted by atomic mass is 10.1. The molecule has 0 bridgehead atoms. The summed E-state index contributed by atoms with van der Waals surface area (Å²) in [5.74, 6) is 0. The van der Waals surface area contributed by atoms with Gasteiger partial charge in [-0.25, -0.2) is 0 Å². The lowest BCUT2D eigenvalue weighted by Crippen LogP contribution is -2.38. The minimum absolute atomic E-state index is 0.132. The van der Waals surface area contributed by atoms with E-state index in [0.717, 1.165) is 18.4 Å². The van der Waals surface area contributed by atoms with Crippen LogP contribution in [-0.4, -0.2) is 40.9 Å². The number of nitrogen functional groups attached to an aromatic ring is 1. The molecular weight excluding hydrogens is 240 g/mol. The van der Waals surface area contributed by atoms with Gasteiger partial charge >= 0.3 is 0 Å². The van der Waals surface area contributed by atoms with Gasteiger partial charge in [-0.15, -0.1) is 0 Å². The van der Waals surface area contributed by atoms with Gasteiger partial charge in [-0.1, -0.05) is 31.0 Å². The number of nitrogens with zero attached hydrogens (tertiary/aromatic N) is 1. The van der Waals surface area contributed by atoms with E-state index in [-0.39, 0.29) is 6.61 Å². The Morgan fingerprint density at radius 3 is 2.58 bits per heavy atom. The van der Waals surface area contributed by atoms with Crippen molar-refractivity contribution in [3.05, 3.63) is 29.8 Å². The van der Waals surface area contributed by atoms with Crippen molar-refractivity contribution < 1.29 is 10.2 Å². The van der Waals surface area contributed by atoms with Crippen molar-refractivity contribution in [2.75, 3.05) is 25.4 Å². The fraction of sp³-hybridized carbons (Fsp3) is 0.600. The molecule has 1 atom stereocenters. The monoisotopic (exact) mass is 264 g/mol. The summed E-state index contributed by atoms with van der Waals surface area (Å²) in [5.41, 5.74) is 7.31. The van der Waals surface area contributed by atoms with Crippen LogP contribution in [0.3, 0.4) is 0 Å². The summed E-state index contributed by atoms with van der Waals surface area (Å²) in [7, 11) is 0. The molecule has 1 aliphatic carbocycles. The van der Waals surface area contributed by atoms with Crippen LogP contribution in [0.2, 0.25) is 0 Å². The maximum Gasteiger partial charge on any atom is 0.0936 e. The van der Waals surface area contributed by atoms with E-state index >= 15 is 0 Å². The number of benzene rings is 1.